The zero-order valence-electron chi connectivity index (χ0n) is 13.6. The van der Waals surface area contributed by atoms with E-state index < -0.39 is 10.0 Å². The van der Waals surface area contributed by atoms with E-state index in [2.05, 4.69) is 10.1 Å². The molecule has 0 atom stereocenters. The van der Waals surface area contributed by atoms with Crippen LogP contribution in [0.15, 0.2) is 29.0 Å². The van der Waals surface area contributed by atoms with Crippen molar-refractivity contribution in [3.63, 3.8) is 0 Å². The van der Waals surface area contributed by atoms with Crippen molar-refractivity contribution < 1.29 is 17.7 Å². The predicted molar refractivity (Wildman–Crippen MR) is 87.9 cm³/mol. The lowest BCUT2D eigenvalue weighted by molar-refractivity contribution is 0.286. The highest BCUT2D eigenvalue weighted by Crippen LogP contribution is 2.25. The van der Waals surface area contributed by atoms with Gasteiger partial charge in [0.2, 0.25) is 10.0 Å². The number of sulfonamides is 1. The molecule has 0 aromatic carbocycles. The topological polar surface area (TPSA) is 85.5 Å². The average Bonchev–Trinajstić information content (AvgIpc) is 3.01. The second kappa shape index (κ2) is 7.31. The summed E-state index contributed by atoms with van der Waals surface area (Å²) in [5.74, 6) is 1.57. The summed E-state index contributed by atoms with van der Waals surface area (Å²) < 4.78 is 37.3. The summed E-state index contributed by atoms with van der Waals surface area (Å²) in [6.45, 7) is 2.96. The lowest BCUT2D eigenvalue weighted by Gasteiger charge is -2.25. The second-order valence-corrected chi connectivity index (χ2v) is 7.85. The molecule has 0 unspecified atom stereocenters. The summed E-state index contributed by atoms with van der Waals surface area (Å²) >= 11 is 0. The number of aromatic nitrogens is 2. The maximum absolute atomic E-state index is 12.4. The standard InChI is InChI=1S/C16H21N3O4S/c1-2-3-9-24(20,21)19-8-6-16-14(11-19)15(18-23-16)12-22-13-5-4-7-17-10-13/h4-5,7,10H,2-3,6,8-9,11-12H2,1H3. The summed E-state index contributed by atoms with van der Waals surface area (Å²) in [6.07, 6.45) is 5.36. The van der Waals surface area contributed by atoms with Gasteiger partial charge in [-0.25, -0.2) is 8.42 Å². The van der Waals surface area contributed by atoms with Crippen LogP contribution in [0.25, 0.3) is 0 Å². The van der Waals surface area contributed by atoms with Gasteiger partial charge in [-0.15, -0.1) is 0 Å². The zero-order chi connectivity index (χ0) is 17.0. The van der Waals surface area contributed by atoms with Crippen LogP contribution in [0.4, 0.5) is 0 Å². The van der Waals surface area contributed by atoms with Crippen LogP contribution in [0.5, 0.6) is 5.75 Å². The fourth-order valence-corrected chi connectivity index (χ4v) is 4.24. The van der Waals surface area contributed by atoms with Crippen molar-refractivity contribution in [2.75, 3.05) is 12.3 Å². The van der Waals surface area contributed by atoms with Gasteiger partial charge in [-0.2, -0.15) is 4.31 Å². The van der Waals surface area contributed by atoms with Gasteiger partial charge in [0.25, 0.3) is 0 Å². The van der Waals surface area contributed by atoms with Crippen LogP contribution in [-0.4, -0.2) is 35.2 Å². The number of hydrogen-bond acceptors (Lipinski definition) is 6. The fourth-order valence-electron chi connectivity index (χ4n) is 2.63. The third-order valence-electron chi connectivity index (χ3n) is 4.03. The first-order valence-electron chi connectivity index (χ1n) is 8.07. The molecule has 1 aliphatic rings. The quantitative estimate of drug-likeness (QED) is 0.760. The van der Waals surface area contributed by atoms with E-state index in [1.807, 2.05) is 6.92 Å². The van der Waals surface area contributed by atoms with E-state index in [1.165, 1.54) is 4.31 Å². The molecule has 24 heavy (non-hydrogen) atoms. The molecule has 8 heteroatoms. The Hall–Kier alpha value is -1.93. The van der Waals surface area contributed by atoms with Crippen LogP contribution in [0.2, 0.25) is 0 Å². The van der Waals surface area contributed by atoms with Gasteiger partial charge >= 0.3 is 0 Å². The van der Waals surface area contributed by atoms with Crippen molar-refractivity contribution in [3.8, 4) is 5.75 Å². The first-order valence-corrected chi connectivity index (χ1v) is 9.68. The van der Waals surface area contributed by atoms with E-state index in [0.717, 1.165) is 17.7 Å². The molecule has 0 aliphatic carbocycles. The minimum Gasteiger partial charge on any atom is -0.486 e. The Morgan fingerprint density at radius 3 is 3.04 bits per heavy atom. The molecule has 2 aromatic heterocycles. The Labute approximate surface area is 141 Å². The summed E-state index contributed by atoms with van der Waals surface area (Å²) in [4.78, 5) is 3.99. The first kappa shape index (κ1) is 16.9. The Bertz CT molecular complexity index is 774. The van der Waals surface area contributed by atoms with Crippen LogP contribution >= 0.6 is 0 Å². The number of pyridine rings is 1. The minimum atomic E-state index is -3.24. The first-order chi connectivity index (χ1) is 11.6. The van der Waals surface area contributed by atoms with Gasteiger partial charge in [0, 0.05) is 31.3 Å². The third kappa shape index (κ3) is 3.76. The Morgan fingerprint density at radius 2 is 2.29 bits per heavy atom. The van der Waals surface area contributed by atoms with E-state index in [0.29, 0.717) is 37.4 Å². The third-order valence-corrected chi connectivity index (χ3v) is 5.94. The number of nitrogens with zero attached hydrogens (tertiary/aromatic N) is 3. The van der Waals surface area contributed by atoms with Crippen LogP contribution in [-0.2, 0) is 29.6 Å². The summed E-state index contributed by atoms with van der Waals surface area (Å²) in [5.41, 5.74) is 1.47. The number of rotatable bonds is 7. The van der Waals surface area contributed by atoms with Crippen molar-refractivity contribution in [2.45, 2.75) is 39.3 Å². The molecule has 0 radical (unpaired) electrons. The van der Waals surface area contributed by atoms with Gasteiger partial charge in [0.15, 0.2) is 0 Å². The van der Waals surface area contributed by atoms with Crippen molar-refractivity contribution >= 4 is 10.0 Å². The molecular weight excluding hydrogens is 330 g/mol. The zero-order valence-corrected chi connectivity index (χ0v) is 14.5. The maximum Gasteiger partial charge on any atom is 0.214 e. The largest absolute Gasteiger partial charge is 0.486 e. The predicted octanol–water partition coefficient (Wildman–Crippen LogP) is 2.14. The van der Waals surface area contributed by atoms with Crippen molar-refractivity contribution in [1.29, 1.82) is 0 Å². The average molecular weight is 351 g/mol. The summed E-state index contributed by atoms with van der Waals surface area (Å²) in [6, 6.07) is 3.59. The number of unbranched alkanes of at least 4 members (excludes halogenated alkanes) is 1. The van der Waals surface area contributed by atoms with Crippen LogP contribution in [0.1, 0.15) is 36.8 Å². The molecule has 0 bridgehead atoms. The van der Waals surface area contributed by atoms with Gasteiger partial charge in [-0.05, 0) is 18.6 Å². The second-order valence-electron chi connectivity index (χ2n) is 5.76. The highest BCUT2D eigenvalue weighted by atomic mass is 32.2. The molecule has 0 saturated heterocycles. The lowest BCUT2D eigenvalue weighted by atomic mass is 10.1. The highest BCUT2D eigenvalue weighted by molar-refractivity contribution is 7.89. The number of hydrogen-bond donors (Lipinski definition) is 0. The Morgan fingerprint density at radius 1 is 1.42 bits per heavy atom. The van der Waals surface area contributed by atoms with E-state index in [4.69, 9.17) is 9.26 Å². The van der Waals surface area contributed by atoms with Crippen molar-refractivity contribution in [3.05, 3.63) is 41.5 Å². The molecule has 2 aromatic rings. The Kier molecular flexibility index (Phi) is 5.15. The molecule has 3 heterocycles. The SMILES string of the molecule is CCCCS(=O)(=O)N1CCc2onc(COc3cccnc3)c2C1. The van der Waals surface area contributed by atoms with Crippen molar-refractivity contribution in [1.82, 2.24) is 14.4 Å². The van der Waals surface area contributed by atoms with Gasteiger partial charge in [-0.3, -0.25) is 4.98 Å². The highest BCUT2D eigenvalue weighted by Gasteiger charge is 2.30. The van der Waals surface area contributed by atoms with E-state index >= 15 is 0 Å². The molecule has 1 aliphatic heterocycles. The fraction of sp³-hybridized carbons (Fsp3) is 0.500. The molecule has 0 spiro atoms. The summed E-state index contributed by atoms with van der Waals surface area (Å²) in [5, 5.41) is 4.05. The monoisotopic (exact) mass is 351 g/mol. The van der Waals surface area contributed by atoms with Gasteiger partial charge in [0.05, 0.1) is 11.9 Å². The van der Waals surface area contributed by atoms with E-state index in [1.54, 1.807) is 24.5 Å². The normalized spacial score (nSPS) is 15.2. The van der Waals surface area contributed by atoms with Crippen LogP contribution < -0.4 is 4.74 Å². The molecule has 3 rings (SSSR count). The molecule has 130 valence electrons. The lowest BCUT2D eigenvalue weighted by Crippen LogP contribution is -2.37. The number of ether oxygens (including phenoxy) is 1. The molecular formula is C16H21N3O4S. The van der Waals surface area contributed by atoms with Gasteiger partial charge in [-0.1, -0.05) is 18.5 Å². The van der Waals surface area contributed by atoms with E-state index in [9.17, 15) is 8.42 Å². The molecule has 0 amide bonds. The maximum atomic E-state index is 12.4. The molecule has 0 N–H and O–H groups in total. The molecule has 7 nitrogen and oxygen atoms in total. The van der Waals surface area contributed by atoms with Crippen LogP contribution in [0.3, 0.4) is 0 Å². The van der Waals surface area contributed by atoms with Crippen molar-refractivity contribution in [2.24, 2.45) is 0 Å². The molecule has 0 fully saturated rings. The van der Waals surface area contributed by atoms with Gasteiger partial charge < -0.3 is 9.26 Å². The number of fused-ring (bicyclic) bond motifs is 1. The molecule has 0 saturated carbocycles. The van der Waals surface area contributed by atoms with E-state index in [-0.39, 0.29) is 12.4 Å². The van der Waals surface area contributed by atoms with Gasteiger partial charge in [0.1, 0.15) is 23.8 Å². The summed E-state index contributed by atoms with van der Waals surface area (Å²) in [7, 11) is -3.24. The smallest absolute Gasteiger partial charge is 0.214 e. The van der Waals surface area contributed by atoms with Crippen LogP contribution in [0, 0.1) is 0 Å². The Balaban J connectivity index is 1.70. The minimum absolute atomic E-state index is 0.186.